The van der Waals surface area contributed by atoms with Crippen molar-refractivity contribution in [3.63, 3.8) is 0 Å². The molecule has 0 atom stereocenters. The van der Waals surface area contributed by atoms with Gasteiger partial charge in [-0.25, -0.2) is 4.68 Å². The summed E-state index contributed by atoms with van der Waals surface area (Å²) in [6, 6.07) is 0.305. The number of piperidine rings is 1. The van der Waals surface area contributed by atoms with E-state index in [1.165, 1.54) is 19.3 Å². The second-order valence-electron chi connectivity index (χ2n) is 7.76. The molecule has 1 aliphatic heterocycles. The molecule has 1 saturated carbocycles. The fourth-order valence-corrected chi connectivity index (χ4v) is 4.14. The molecule has 1 aromatic rings. The summed E-state index contributed by atoms with van der Waals surface area (Å²) in [4.78, 5) is 24.4. The molecule has 3 rings (SSSR count). The molecule has 0 aromatic carbocycles. The molecule has 2 amide bonds. The number of carbonyl (C=O) groups is 2. The standard InChI is InChI=1S/C19H32N6O2/c1-14-18(23-24-25(14)16-7-9-20-10-8-16)19(27)22-12-11-21-17(26)13-15-5-3-2-4-6-15/h15-16,20H,2-13H2,1H3,(H,21,26)(H,22,27). The Labute approximate surface area is 160 Å². The van der Waals surface area contributed by atoms with Gasteiger partial charge in [0, 0.05) is 19.5 Å². The topological polar surface area (TPSA) is 101 Å². The van der Waals surface area contributed by atoms with Gasteiger partial charge in [0.25, 0.3) is 5.91 Å². The molecule has 1 saturated heterocycles. The first-order valence-electron chi connectivity index (χ1n) is 10.3. The van der Waals surface area contributed by atoms with Crippen molar-refractivity contribution < 1.29 is 9.59 Å². The van der Waals surface area contributed by atoms with Crippen LogP contribution in [0.1, 0.15) is 73.6 Å². The molecule has 0 bridgehead atoms. The Morgan fingerprint density at radius 1 is 1.07 bits per heavy atom. The van der Waals surface area contributed by atoms with E-state index in [0.29, 0.717) is 37.2 Å². The summed E-state index contributed by atoms with van der Waals surface area (Å²) >= 11 is 0. The zero-order valence-corrected chi connectivity index (χ0v) is 16.3. The van der Waals surface area contributed by atoms with Crippen LogP contribution in [0.3, 0.4) is 0 Å². The van der Waals surface area contributed by atoms with Crippen LogP contribution in [0.2, 0.25) is 0 Å². The number of hydrogen-bond acceptors (Lipinski definition) is 5. The summed E-state index contributed by atoms with van der Waals surface area (Å²) in [7, 11) is 0. The van der Waals surface area contributed by atoms with Crippen molar-refractivity contribution in [1.29, 1.82) is 0 Å². The minimum absolute atomic E-state index is 0.0872. The van der Waals surface area contributed by atoms with Gasteiger partial charge in [0.15, 0.2) is 5.69 Å². The van der Waals surface area contributed by atoms with E-state index < -0.39 is 0 Å². The van der Waals surface area contributed by atoms with E-state index in [-0.39, 0.29) is 11.8 Å². The molecule has 0 radical (unpaired) electrons. The fourth-order valence-electron chi connectivity index (χ4n) is 4.14. The molecule has 2 heterocycles. The van der Waals surface area contributed by atoms with E-state index >= 15 is 0 Å². The van der Waals surface area contributed by atoms with E-state index in [2.05, 4.69) is 26.3 Å². The second-order valence-corrected chi connectivity index (χ2v) is 7.76. The molecule has 3 N–H and O–H groups in total. The maximum atomic E-state index is 12.4. The molecule has 150 valence electrons. The molecule has 8 heteroatoms. The van der Waals surface area contributed by atoms with Gasteiger partial charge >= 0.3 is 0 Å². The summed E-state index contributed by atoms with van der Waals surface area (Å²) < 4.78 is 1.88. The van der Waals surface area contributed by atoms with Gasteiger partial charge < -0.3 is 16.0 Å². The van der Waals surface area contributed by atoms with E-state index in [1.807, 2.05) is 11.6 Å². The molecule has 1 aliphatic carbocycles. The third-order valence-electron chi connectivity index (χ3n) is 5.73. The van der Waals surface area contributed by atoms with E-state index in [1.54, 1.807) is 0 Å². The van der Waals surface area contributed by atoms with Gasteiger partial charge in [-0.2, -0.15) is 0 Å². The van der Waals surface area contributed by atoms with Crippen molar-refractivity contribution in [2.75, 3.05) is 26.2 Å². The van der Waals surface area contributed by atoms with Crippen LogP contribution in [0.25, 0.3) is 0 Å². The molecular weight excluding hydrogens is 344 g/mol. The van der Waals surface area contributed by atoms with E-state index in [4.69, 9.17) is 0 Å². The van der Waals surface area contributed by atoms with Crippen molar-refractivity contribution in [2.45, 2.75) is 64.3 Å². The van der Waals surface area contributed by atoms with Crippen molar-refractivity contribution in [1.82, 2.24) is 30.9 Å². The largest absolute Gasteiger partial charge is 0.354 e. The highest BCUT2D eigenvalue weighted by molar-refractivity contribution is 5.93. The van der Waals surface area contributed by atoms with Crippen molar-refractivity contribution in [3.05, 3.63) is 11.4 Å². The fraction of sp³-hybridized carbons (Fsp3) is 0.789. The van der Waals surface area contributed by atoms with Gasteiger partial charge in [-0.3, -0.25) is 9.59 Å². The number of hydrogen-bond donors (Lipinski definition) is 3. The maximum absolute atomic E-state index is 12.4. The first kappa shape index (κ1) is 19.8. The molecule has 2 aliphatic rings. The van der Waals surface area contributed by atoms with Crippen LogP contribution in [0.4, 0.5) is 0 Å². The molecule has 27 heavy (non-hydrogen) atoms. The summed E-state index contributed by atoms with van der Waals surface area (Å²) in [6.45, 7) is 4.66. The molecule has 2 fully saturated rings. The first-order valence-corrected chi connectivity index (χ1v) is 10.3. The van der Waals surface area contributed by atoms with Crippen molar-refractivity contribution >= 4 is 11.8 Å². The van der Waals surface area contributed by atoms with Gasteiger partial charge in [0.1, 0.15) is 0 Å². The molecular formula is C19H32N6O2. The number of aromatic nitrogens is 3. The summed E-state index contributed by atoms with van der Waals surface area (Å²) in [6.07, 6.45) is 8.71. The highest BCUT2D eigenvalue weighted by Gasteiger charge is 2.22. The summed E-state index contributed by atoms with van der Waals surface area (Å²) in [5.41, 5.74) is 1.18. The predicted molar refractivity (Wildman–Crippen MR) is 102 cm³/mol. The monoisotopic (exact) mass is 376 g/mol. The lowest BCUT2D eigenvalue weighted by Crippen LogP contribution is -2.36. The zero-order chi connectivity index (χ0) is 19.1. The van der Waals surface area contributed by atoms with E-state index in [0.717, 1.165) is 44.5 Å². The Bertz CT molecular complexity index is 632. The Morgan fingerprint density at radius 2 is 1.78 bits per heavy atom. The Kier molecular flexibility index (Phi) is 7.20. The van der Waals surface area contributed by atoms with Crippen LogP contribution >= 0.6 is 0 Å². The van der Waals surface area contributed by atoms with Gasteiger partial charge in [-0.05, 0) is 51.6 Å². The van der Waals surface area contributed by atoms with Gasteiger partial charge in [-0.15, -0.1) is 5.10 Å². The second kappa shape index (κ2) is 9.82. The van der Waals surface area contributed by atoms with Crippen molar-refractivity contribution in [3.8, 4) is 0 Å². The molecule has 0 unspecified atom stereocenters. The smallest absolute Gasteiger partial charge is 0.273 e. The number of nitrogens with zero attached hydrogens (tertiary/aromatic N) is 3. The maximum Gasteiger partial charge on any atom is 0.273 e. The van der Waals surface area contributed by atoms with Crippen LogP contribution in [-0.2, 0) is 4.79 Å². The quantitative estimate of drug-likeness (QED) is 0.623. The Balaban J connectivity index is 1.39. The molecule has 1 aromatic heterocycles. The minimum Gasteiger partial charge on any atom is -0.354 e. The average Bonchev–Trinajstić information content (AvgIpc) is 3.08. The number of amides is 2. The summed E-state index contributed by atoms with van der Waals surface area (Å²) in [5.74, 6) is 0.388. The predicted octanol–water partition coefficient (Wildman–Crippen LogP) is 1.33. The normalized spacial score (nSPS) is 19.0. The Morgan fingerprint density at radius 3 is 2.52 bits per heavy atom. The molecule has 0 spiro atoms. The first-order chi connectivity index (χ1) is 13.1. The average molecular weight is 377 g/mol. The third-order valence-corrected chi connectivity index (χ3v) is 5.73. The highest BCUT2D eigenvalue weighted by atomic mass is 16.2. The number of carbonyl (C=O) groups excluding carboxylic acids is 2. The minimum atomic E-state index is -0.228. The third kappa shape index (κ3) is 5.51. The van der Waals surface area contributed by atoms with E-state index in [9.17, 15) is 9.59 Å². The zero-order valence-electron chi connectivity index (χ0n) is 16.3. The highest BCUT2D eigenvalue weighted by Crippen LogP contribution is 2.26. The van der Waals surface area contributed by atoms with Crippen LogP contribution in [-0.4, -0.2) is 53.0 Å². The van der Waals surface area contributed by atoms with Crippen LogP contribution in [0, 0.1) is 12.8 Å². The molecule has 8 nitrogen and oxygen atoms in total. The Hall–Kier alpha value is -1.96. The van der Waals surface area contributed by atoms with Crippen LogP contribution in [0.5, 0.6) is 0 Å². The van der Waals surface area contributed by atoms with Gasteiger partial charge in [-0.1, -0.05) is 24.5 Å². The van der Waals surface area contributed by atoms with Crippen LogP contribution in [0.15, 0.2) is 0 Å². The van der Waals surface area contributed by atoms with Crippen LogP contribution < -0.4 is 16.0 Å². The lowest BCUT2D eigenvalue weighted by atomic mass is 9.87. The van der Waals surface area contributed by atoms with Gasteiger partial charge in [0.2, 0.25) is 5.91 Å². The summed E-state index contributed by atoms with van der Waals surface area (Å²) in [5, 5.41) is 17.3. The van der Waals surface area contributed by atoms with Gasteiger partial charge in [0.05, 0.1) is 11.7 Å². The number of nitrogens with one attached hydrogen (secondary N) is 3. The lowest BCUT2D eigenvalue weighted by Gasteiger charge is -2.23. The van der Waals surface area contributed by atoms with Crippen molar-refractivity contribution in [2.24, 2.45) is 5.92 Å². The SMILES string of the molecule is Cc1c(C(=O)NCCNC(=O)CC2CCCCC2)nnn1C1CCNCC1. The lowest BCUT2D eigenvalue weighted by molar-refractivity contribution is -0.122. The number of rotatable bonds is 7.